The van der Waals surface area contributed by atoms with Crippen LogP contribution in [-0.2, 0) is 21.7 Å². The number of amides is 1. The highest BCUT2D eigenvalue weighted by atomic mass is 32.2. The number of halogens is 3. The lowest BCUT2D eigenvalue weighted by atomic mass is 10.1. The summed E-state index contributed by atoms with van der Waals surface area (Å²) in [6.07, 6.45) is -4.66. The zero-order valence-electron chi connectivity index (χ0n) is 21.0. The standard InChI is InChI=1S/C27H25F3N4O4S/c1-18-24(39(37)22-7-5-19(17-31)6-8-22)16-23(25(35)32-9-10-33-11-13-38-14-12-33)26(36)34(18)21-4-2-3-20(15-21)27(28,29)30/h2-8,15-16H,9-14H2,1H3,(H,32,35). The number of nitriles is 1. The molecule has 1 saturated heterocycles. The molecule has 1 amide bonds. The molecule has 0 bridgehead atoms. The minimum Gasteiger partial charge on any atom is -0.379 e. The highest BCUT2D eigenvalue weighted by Crippen LogP contribution is 2.31. The van der Waals surface area contributed by atoms with Gasteiger partial charge in [0.2, 0.25) is 0 Å². The fourth-order valence-corrected chi connectivity index (χ4v) is 5.41. The van der Waals surface area contributed by atoms with Crippen molar-refractivity contribution in [2.45, 2.75) is 22.9 Å². The van der Waals surface area contributed by atoms with Gasteiger partial charge in [-0.1, -0.05) is 6.07 Å². The Morgan fingerprint density at radius 2 is 1.82 bits per heavy atom. The number of nitrogens with one attached hydrogen (secondary N) is 1. The topological polar surface area (TPSA) is 104 Å². The molecule has 2 aromatic carbocycles. The van der Waals surface area contributed by atoms with Crippen molar-refractivity contribution in [3.63, 3.8) is 0 Å². The molecule has 39 heavy (non-hydrogen) atoms. The molecule has 1 fully saturated rings. The number of hydrogen-bond acceptors (Lipinski definition) is 6. The number of benzene rings is 2. The van der Waals surface area contributed by atoms with E-state index in [9.17, 15) is 27.0 Å². The normalized spacial score (nSPS) is 14.9. The van der Waals surface area contributed by atoms with E-state index < -0.39 is 34.0 Å². The van der Waals surface area contributed by atoms with Crippen LogP contribution in [0.1, 0.15) is 27.2 Å². The second kappa shape index (κ2) is 11.9. The number of ether oxygens (including phenoxy) is 1. The molecule has 0 aliphatic carbocycles. The van der Waals surface area contributed by atoms with Crippen LogP contribution >= 0.6 is 0 Å². The van der Waals surface area contributed by atoms with Crippen molar-refractivity contribution >= 4 is 16.7 Å². The van der Waals surface area contributed by atoms with Gasteiger partial charge in [-0.15, -0.1) is 0 Å². The van der Waals surface area contributed by atoms with Crippen LogP contribution in [0, 0.1) is 18.3 Å². The number of nitrogens with zero attached hydrogens (tertiary/aromatic N) is 3. The molecular weight excluding hydrogens is 533 g/mol. The van der Waals surface area contributed by atoms with Crippen LogP contribution < -0.4 is 10.9 Å². The molecule has 1 unspecified atom stereocenters. The fourth-order valence-electron chi connectivity index (χ4n) is 4.19. The Labute approximate surface area is 225 Å². The van der Waals surface area contributed by atoms with E-state index in [2.05, 4.69) is 10.2 Å². The van der Waals surface area contributed by atoms with Gasteiger partial charge in [0, 0.05) is 42.5 Å². The predicted molar refractivity (Wildman–Crippen MR) is 137 cm³/mol. The Morgan fingerprint density at radius 1 is 1.13 bits per heavy atom. The zero-order valence-corrected chi connectivity index (χ0v) is 21.8. The van der Waals surface area contributed by atoms with Gasteiger partial charge >= 0.3 is 6.18 Å². The number of pyridine rings is 1. The second-order valence-electron chi connectivity index (χ2n) is 8.81. The third-order valence-corrected chi connectivity index (χ3v) is 7.80. The molecular formula is C27H25F3N4O4S. The summed E-state index contributed by atoms with van der Waals surface area (Å²) in [5.74, 6) is -0.730. The molecule has 1 aliphatic heterocycles. The third kappa shape index (κ3) is 6.44. The van der Waals surface area contributed by atoms with Gasteiger partial charge in [-0.25, -0.2) is 4.21 Å². The maximum Gasteiger partial charge on any atom is 0.416 e. The summed E-state index contributed by atoms with van der Waals surface area (Å²) in [5, 5.41) is 11.7. The molecule has 2 heterocycles. The predicted octanol–water partition coefficient (Wildman–Crippen LogP) is 3.27. The average Bonchev–Trinajstić information content (AvgIpc) is 2.93. The summed E-state index contributed by atoms with van der Waals surface area (Å²) in [4.78, 5) is 29.1. The van der Waals surface area contributed by atoms with Crippen LogP contribution in [0.2, 0.25) is 0 Å². The number of carbonyl (C=O) groups is 1. The third-order valence-electron chi connectivity index (χ3n) is 6.29. The van der Waals surface area contributed by atoms with Gasteiger partial charge in [0.1, 0.15) is 5.56 Å². The molecule has 1 aliphatic rings. The Balaban J connectivity index is 1.77. The zero-order chi connectivity index (χ0) is 28.2. The number of carbonyl (C=O) groups excluding carboxylic acids is 1. The summed E-state index contributed by atoms with van der Waals surface area (Å²) < 4.78 is 60.2. The van der Waals surface area contributed by atoms with Crippen LogP contribution in [0.5, 0.6) is 0 Å². The number of hydrogen-bond donors (Lipinski definition) is 1. The van der Waals surface area contributed by atoms with Crippen molar-refractivity contribution in [1.29, 1.82) is 5.26 Å². The number of aromatic nitrogens is 1. The van der Waals surface area contributed by atoms with Crippen LogP contribution in [0.25, 0.3) is 5.69 Å². The SMILES string of the molecule is Cc1c(S(=O)c2ccc(C#N)cc2)cc(C(=O)NCCN2CCOCC2)c(=O)n1-c1cccc(C(F)(F)F)c1. The van der Waals surface area contributed by atoms with E-state index >= 15 is 0 Å². The van der Waals surface area contributed by atoms with E-state index in [0.29, 0.717) is 43.3 Å². The van der Waals surface area contributed by atoms with Gasteiger partial charge in [-0.2, -0.15) is 18.4 Å². The summed E-state index contributed by atoms with van der Waals surface area (Å²) in [5.41, 5.74) is -1.81. The maximum atomic E-state index is 13.6. The van der Waals surface area contributed by atoms with Crippen molar-refractivity contribution < 1.29 is 26.9 Å². The van der Waals surface area contributed by atoms with Gasteiger partial charge in [-0.3, -0.25) is 19.1 Å². The van der Waals surface area contributed by atoms with Crippen LogP contribution in [0.3, 0.4) is 0 Å². The summed E-state index contributed by atoms with van der Waals surface area (Å²) >= 11 is 0. The van der Waals surface area contributed by atoms with Crippen molar-refractivity contribution in [3.05, 3.63) is 87.3 Å². The number of morpholine rings is 1. The van der Waals surface area contributed by atoms with Crippen molar-refractivity contribution in [3.8, 4) is 11.8 Å². The van der Waals surface area contributed by atoms with Crippen LogP contribution in [-0.4, -0.2) is 59.0 Å². The average molecular weight is 559 g/mol. The lowest BCUT2D eigenvalue weighted by Gasteiger charge is -2.26. The highest BCUT2D eigenvalue weighted by molar-refractivity contribution is 7.85. The largest absolute Gasteiger partial charge is 0.416 e. The highest BCUT2D eigenvalue weighted by Gasteiger charge is 2.31. The molecule has 4 rings (SSSR count). The molecule has 8 nitrogen and oxygen atoms in total. The van der Waals surface area contributed by atoms with Crippen molar-refractivity contribution in [2.24, 2.45) is 0 Å². The molecule has 12 heteroatoms. The minimum atomic E-state index is -4.66. The second-order valence-corrected chi connectivity index (χ2v) is 10.3. The van der Waals surface area contributed by atoms with Crippen molar-refractivity contribution in [2.75, 3.05) is 39.4 Å². The van der Waals surface area contributed by atoms with Crippen LogP contribution in [0.4, 0.5) is 13.2 Å². The summed E-state index contributed by atoms with van der Waals surface area (Å²) in [7, 11) is -1.91. The summed E-state index contributed by atoms with van der Waals surface area (Å²) in [6, 6.07) is 13.3. The molecule has 0 spiro atoms. The first-order chi connectivity index (χ1) is 18.6. The first-order valence-electron chi connectivity index (χ1n) is 12.0. The van der Waals surface area contributed by atoms with Gasteiger partial charge < -0.3 is 10.1 Å². The fraction of sp³-hybridized carbons (Fsp3) is 0.296. The molecule has 1 aromatic heterocycles. The Kier molecular flexibility index (Phi) is 8.64. The first-order valence-corrected chi connectivity index (χ1v) is 13.2. The van der Waals surface area contributed by atoms with E-state index in [1.807, 2.05) is 6.07 Å². The van der Waals surface area contributed by atoms with E-state index in [1.54, 1.807) is 0 Å². The van der Waals surface area contributed by atoms with E-state index in [-0.39, 0.29) is 28.4 Å². The minimum absolute atomic E-state index is 0.0787. The van der Waals surface area contributed by atoms with Gasteiger partial charge in [-0.05, 0) is 55.5 Å². The molecule has 0 radical (unpaired) electrons. The Morgan fingerprint density at radius 3 is 2.46 bits per heavy atom. The summed E-state index contributed by atoms with van der Waals surface area (Å²) in [6.45, 7) is 4.78. The Hall–Kier alpha value is -3.79. The maximum absolute atomic E-state index is 13.6. The molecule has 204 valence electrons. The molecule has 1 N–H and O–H groups in total. The molecule has 0 saturated carbocycles. The van der Waals surface area contributed by atoms with E-state index in [1.165, 1.54) is 43.3 Å². The van der Waals surface area contributed by atoms with E-state index in [4.69, 9.17) is 10.00 Å². The number of rotatable bonds is 7. The quantitative estimate of drug-likeness (QED) is 0.478. The van der Waals surface area contributed by atoms with Crippen LogP contribution in [0.15, 0.2) is 69.2 Å². The molecule has 3 aromatic rings. The van der Waals surface area contributed by atoms with Gasteiger partial charge in [0.25, 0.3) is 11.5 Å². The van der Waals surface area contributed by atoms with Gasteiger partial charge in [0.15, 0.2) is 0 Å². The Bertz CT molecular complexity index is 1490. The van der Waals surface area contributed by atoms with E-state index in [0.717, 1.165) is 22.8 Å². The lowest BCUT2D eigenvalue weighted by Crippen LogP contribution is -2.42. The van der Waals surface area contributed by atoms with Crippen molar-refractivity contribution in [1.82, 2.24) is 14.8 Å². The first kappa shape index (κ1) is 28.2. The lowest BCUT2D eigenvalue weighted by molar-refractivity contribution is -0.137. The molecule has 1 atom stereocenters. The monoisotopic (exact) mass is 558 g/mol. The number of alkyl halides is 3. The van der Waals surface area contributed by atoms with Gasteiger partial charge in [0.05, 0.1) is 46.1 Å². The smallest absolute Gasteiger partial charge is 0.379 e.